The summed E-state index contributed by atoms with van der Waals surface area (Å²) in [7, 11) is 1.97. The van der Waals surface area contributed by atoms with E-state index in [0.29, 0.717) is 0 Å². The predicted molar refractivity (Wildman–Crippen MR) is 93.9 cm³/mol. The number of aromatic nitrogens is 5. The number of hydrogen-bond donors (Lipinski definition) is 1. The van der Waals surface area contributed by atoms with Gasteiger partial charge in [0.05, 0.1) is 5.69 Å². The zero-order valence-corrected chi connectivity index (χ0v) is 13.6. The molecule has 0 unspecified atom stereocenters. The molecule has 0 radical (unpaired) electrons. The highest BCUT2D eigenvalue weighted by molar-refractivity contribution is 6.03. The van der Waals surface area contributed by atoms with Crippen LogP contribution in [-0.2, 0) is 11.8 Å². The Morgan fingerprint density at radius 3 is 2.68 bits per heavy atom. The molecule has 7 nitrogen and oxygen atoms in total. The molecule has 0 aliphatic rings. The number of nitrogens with zero attached hydrogens (tertiary/aromatic N) is 5. The summed E-state index contributed by atoms with van der Waals surface area (Å²) in [5.41, 5.74) is 2.63. The van der Waals surface area contributed by atoms with Crippen LogP contribution in [0.2, 0.25) is 0 Å². The number of rotatable bonds is 4. The minimum Gasteiger partial charge on any atom is -0.350 e. The number of anilines is 1. The first kappa shape index (κ1) is 15.1. The molecule has 0 saturated heterocycles. The van der Waals surface area contributed by atoms with E-state index < -0.39 is 6.04 Å². The number of hydrogen-bond acceptors (Lipinski definition) is 4. The summed E-state index contributed by atoms with van der Waals surface area (Å²) >= 11 is 0. The van der Waals surface area contributed by atoms with Gasteiger partial charge in [-0.2, -0.15) is 0 Å². The van der Waals surface area contributed by atoms with Crippen LogP contribution in [0.1, 0.15) is 11.6 Å². The number of amides is 1. The van der Waals surface area contributed by atoms with Crippen molar-refractivity contribution in [2.75, 3.05) is 5.32 Å². The van der Waals surface area contributed by atoms with E-state index in [1.165, 1.54) is 11.0 Å². The zero-order valence-electron chi connectivity index (χ0n) is 13.6. The van der Waals surface area contributed by atoms with Gasteiger partial charge in [0, 0.05) is 24.1 Å². The van der Waals surface area contributed by atoms with Crippen molar-refractivity contribution in [2.45, 2.75) is 6.04 Å². The van der Waals surface area contributed by atoms with Crippen molar-refractivity contribution in [3.05, 3.63) is 72.7 Å². The van der Waals surface area contributed by atoms with Crippen molar-refractivity contribution in [1.29, 1.82) is 0 Å². The van der Waals surface area contributed by atoms with Crippen LogP contribution in [0.5, 0.6) is 0 Å². The lowest BCUT2D eigenvalue weighted by Gasteiger charge is -2.17. The minimum atomic E-state index is -0.643. The average Bonchev–Trinajstić information content (AvgIpc) is 3.28. The van der Waals surface area contributed by atoms with Crippen LogP contribution < -0.4 is 5.32 Å². The quantitative estimate of drug-likeness (QED) is 0.622. The van der Waals surface area contributed by atoms with Gasteiger partial charge in [0.15, 0.2) is 6.04 Å². The Bertz CT molecular complexity index is 1010. The molecular formula is C18H16N6O. The van der Waals surface area contributed by atoms with Gasteiger partial charge in [-0.3, -0.25) is 4.79 Å². The Labute approximate surface area is 143 Å². The largest absolute Gasteiger partial charge is 0.350 e. The standard InChI is InChI=1S/C18H16N6O/c1-23-11-10-14-15(8-5-9-16(14)23)20-18(25)17(24-12-19-21-22-24)13-6-3-2-4-7-13/h2-12,17H,1H3,(H,20,25)/t17-/m1/s1. The topological polar surface area (TPSA) is 77.6 Å². The van der Waals surface area contributed by atoms with Crippen LogP contribution >= 0.6 is 0 Å². The molecule has 2 aromatic carbocycles. The fourth-order valence-electron chi connectivity index (χ4n) is 2.96. The molecule has 4 rings (SSSR count). The fourth-order valence-corrected chi connectivity index (χ4v) is 2.96. The molecule has 2 heterocycles. The van der Waals surface area contributed by atoms with Gasteiger partial charge in [0.1, 0.15) is 6.33 Å². The van der Waals surface area contributed by atoms with Gasteiger partial charge < -0.3 is 9.88 Å². The first-order valence-electron chi connectivity index (χ1n) is 7.86. The SMILES string of the molecule is Cn1ccc2c(NC(=O)[C@@H](c3ccccc3)n3cnnn3)cccc21. The molecule has 0 bridgehead atoms. The third-order valence-corrected chi connectivity index (χ3v) is 4.18. The number of nitrogens with one attached hydrogen (secondary N) is 1. The van der Waals surface area contributed by atoms with Crippen molar-refractivity contribution in [3.8, 4) is 0 Å². The summed E-state index contributed by atoms with van der Waals surface area (Å²) in [6, 6.07) is 16.6. The van der Waals surface area contributed by atoms with Crippen LogP contribution in [0.4, 0.5) is 5.69 Å². The van der Waals surface area contributed by atoms with Gasteiger partial charge in [-0.1, -0.05) is 36.4 Å². The van der Waals surface area contributed by atoms with Gasteiger partial charge in [-0.15, -0.1) is 5.10 Å². The molecular weight excluding hydrogens is 316 g/mol. The Morgan fingerprint density at radius 1 is 1.08 bits per heavy atom. The first-order valence-corrected chi connectivity index (χ1v) is 7.86. The molecule has 25 heavy (non-hydrogen) atoms. The normalized spacial score (nSPS) is 12.2. The molecule has 0 aliphatic carbocycles. The van der Waals surface area contributed by atoms with Crippen LogP contribution in [0.25, 0.3) is 10.9 Å². The van der Waals surface area contributed by atoms with Crippen molar-refractivity contribution >= 4 is 22.5 Å². The summed E-state index contributed by atoms with van der Waals surface area (Å²) in [5, 5.41) is 15.2. The molecule has 0 fully saturated rings. The van der Waals surface area contributed by atoms with Gasteiger partial charge in [-0.25, -0.2) is 4.68 Å². The van der Waals surface area contributed by atoms with E-state index in [-0.39, 0.29) is 5.91 Å². The Morgan fingerprint density at radius 2 is 1.92 bits per heavy atom. The van der Waals surface area contributed by atoms with Crippen LogP contribution in [0.3, 0.4) is 0 Å². The third-order valence-electron chi connectivity index (χ3n) is 4.18. The molecule has 0 saturated carbocycles. The predicted octanol–water partition coefficient (Wildman–Crippen LogP) is 2.39. The molecule has 4 aromatic rings. The van der Waals surface area contributed by atoms with Crippen molar-refractivity contribution in [1.82, 2.24) is 24.8 Å². The molecule has 1 N–H and O–H groups in total. The van der Waals surface area contributed by atoms with Gasteiger partial charge in [0.25, 0.3) is 5.91 Å². The monoisotopic (exact) mass is 332 g/mol. The summed E-state index contributed by atoms with van der Waals surface area (Å²) in [5.74, 6) is -0.199. The highest BCUT2D eigenvalue weighted by Crippen LogP contribution is 2.26. The smallest absolute Gasteiger partial charge is 0.253 e. The fraction of sp³-hybridized carbons (Fsp3) is 0.111. The number of carbonyl (C=O) groups is 1. The number of aryl methyl sites for hydroxylation is 1. The van der Waals surface area contributed by atoms with E-state index in [9.17, 15) is 4.79 Å². The second-order valence-electron chi connectivity index (χ2n) is 5.76. The van der Waals surface area contributed by atoms with Crippen molar-refractivity contribution < 1.29 is 4.79 Å². The van der Waals surface area contributed by atoms with Crippen molar-refractivity contribution in [3.63, 3.8) is 0 Å². The lowest BCUT2D eigenvalue weighted by Crippen LogP contribution is -2.27. The van der Waals surface area contributed by atoms with Crippen molar-refractivity contribution in [2.24, 2.45) is 7.05 Å². The third kappa shape index (κ3) is 2.76. The van der Waals surface area contributed by atoms with Gasteiger partial charge in [0.2, 0.25) is 0 Å². The van der Waals surface area contributed by atoms with Crippen LogP contribution in [-0.4, -0.2) is 30.7 Å². The number of tetrazole rings is 1. The summed E-state index contributed by atoms with van der Waals surface area (Å²) in [6.45, 7) is 0. The molecule has 124 valence electrons. The van der Waals surface area contributed by atoms with E-state index in [1.807, 2.05) is 72.4 Å². The lowest BCUT2D eigenvalue weighted by atomic mass is 10.1. The van der Waals surface area contributed by atoms with E-state index in [1.54, 1.807) is 0 Å². The summed E-state index contributed by atoms with van der Waals surface area (Å²) in [6.07, 6.45) is 3.41. The molecule has 7 heteroatoms. The van der Waals surface area contributed by atoms with Crippen LogP contribution in [0.15, 0.2) is 67.1 Å². The second kappa shape index (κ2) is 6.20. The Hall–Kier alpha value is -3.48. The average molecular weight is 332 g/mol. The van der Waals surface area contributed by atoms with E-state index in [2.05, 4.69) is 20.8 Å². The van der Waals surface area contributed by atoms with Crippen LogP contribution in [0, 0.1) is 0 Å². The highest BCUT2D eigenvalue weighted by atomic mass is 16.2. The maximum atomic E-state index is 13.0. The maximum absolute atomic E-state index is 13.0. The van der Waals surface area contributed by atoms with Gasteiger partial charge >= 0.3 is 0 Å². The maximum Gasteiger partial charge on any atom is 0.253 e. The van der Waals surface area contributed by atoms with E-state index >= 15 is 0 Å². The number of carbonyl (C=O) groups excluding carboxylic acids is 1. The molecule has 1 atom stereocenters. The molecule has 1 amide bonds. The second-order valence-corrected chi connectivity index (χ2v) is 5.76. The highest BCUT2D eigenvalue weighted by Gasteiger charge is 2.24. The molecule has 0 aliphatic heterocycles. The number of fused-ring (bicyclic) bond motifs is 1. The molecule has 2 aromatic heterocycles. The number of benzene rings is 2. The zero-order chi connectivity index (χ0) is 17.2. The summed E-state index contributed by atoms with van der Waals surface area (Å²) < 4.78 is 3.47. The Kier molecular flexibility index (Phi) is 3.74. The minimum absolute atomic E-state index is 0.199. The van der Waals surface area contributed by atoms with E-state index in [0.717, 1.165) is 22.2 Å². The summed E-state index contributed by atoms with van der Waals surface area (Å²) in [4.78, 5) is 13.0. The van der Waals surface area contributed by atoms with Gasteiger partial charge in [-0.05, 0) is 34.2 Å². The lowest BCUT2D eigenvalue weighted by molar-refractivity contribution is -0.118. The first-order chi connectivity index (χ1) is 12.2. The Balaban J connectivity index is 1.72. The van der Waals surface area contributed by atoms with E-state index in [4.69, 9.17) is 0 Å². The molecule has 0 spiro atoms.